The molecular weight excluding hydrogens is 192 g/mol. The van der Waals surface area contributed by atoms with Crippen LogP contribution in [0.4, 0.5) is 0 Å². The van der Waals surface area contributed by atoms with Gasteiger partial charge in [-0.1, -0.05) is 0 Å². The molecule has 0 saturated carbocycles. The second kappa shape index (κ2) is 4.79. The number of piperidine rings is 1. The van der Waals surface area contributed by atoms with Gasteiger partial charge < -0.3 is 5.32 Å². The van der Waals surface area contributed by atoms with Crippen molar-refractivity contribution in [2.24, 2.45) is 0 Å². The molecule has 1 unspecified atom stereocenters. The van der Waals surface area contributed by atoms with Crippen LogP contribution in [-0.4, -0.2) is 36.2 Å². The van der Waals surface area contributed by atoms with Crippen molar-refractivity contribution in [1.82, 2.24) is 10.4 Å². The normalized spacial score (nSPS) is 22.8. The van der Waals surface area contributed by atoms with Crippen molar-refractivity contribution in [3.63, 3.8) is 0 Å². The highest BCUT2D eigenvalue weighted by atomic mass is 16.7. The molecule has 1 heterocycles. The lowest BCUT2D eigenvalue weighted by Gasteiger charge is -2.36. The molecule has 1 fully saturated rings. The van der Waals surface area contributed by atoms with Crippen LogP contribution in [0.2, 0.25) is 0 Å². The van der Waals surface area contributed by atoms with E-state index in [0.717, 1.165) is 13.0 Å². The predicted molar refractivity (Wildman–Crippen MR) is 58.8 cm³/mol. The van der Waals surface area contributed by atoms with E-state index in [1.807, 2.05) is 33.8 Å². The summed E-state index contributed by atoms with van der Waals surface area (Å²) in [7, 11) is 1.91. The van der Waals surface area contributed by atoms with E-state index in [1.54, 1.807) is 5.06 Å². The molecule has 0 bridgehead atoms. The van der Waals surface area contributed by atoms with E-state index in [9.17, 15) is 4.79 Å². The second-order valence-corrected chi connectivity index (χ2v) is 4.83. The zero-order valence-corrected chi connectivity index (χ0v) is 9.96. The second-order valence-electron chi connectivity index (χ2n) is 4.83. The molecule has 4 heteroatoms. The Morgan fingerprint density at radius 2 is 2.20 bits per heavy atom. The summed E-state index contributed by atoms with van der Waals surface area (Å²) in [5.41, 5.74) is 0.338. The van der Waals surface area contributed by atoms with Crippen LogP contribution in [0.3, 0.4) is 0 Å². The van der Waals surface area contributed by atoms with Crippen LogP contribution >= 0.6 is 0 Å². The Hall–Kier alpha value is -0.830. The van der Waals surface area contributed by atoms with E-state index in [0.29, 0.717) is 18.2 Å². The maximum absolute atomic E-state index is 10.8. The van der Waals surface area contributed by atoms with Crippen molar-refractivity contribution in [3.8, 4) is 0 Å². The summed E-state index contributed by atoms with van der Waals surface area (Å²) in [5, 5.41) is 4.85. The third kappa shape index (κ3) is 3.67. The number of hydrogen-bond acceptors (Lipinski definition) is 4. The minimum atomic E-state index is -0.269. The number of rotatable bonds is 2. The first kappa shape index (κ1) is 12.2. The molecule has 4 nitrogen and oxygen atoms in total. The number of hydroxylamine groups is 2. The van der Waals surface area contributed by atoms with Gasteiger partial charge >= 0.3 is 0 Å². The quantitative estimate of drug-likeness (QED) is 0.696. The molecular formula is C11H20N2O2. The van der Waals surface area contributed by atoms with Gasteiger partial charge in [0, 0.05) is 19.0 Å². The Bertz CT molecular complexity index is 264. The molecule has 1 aliphatic heterocycles. The maximum atomic E-state index is 10.8. The van der Waals surface area contributed by atoms with E-state index in [1.165, 1.54) is 0 Å². The summed E-state index contributed by atoms with van der Waals surface area (Å²) in [6.45, 7) is 6.66. The van der Waals surface area contributed by atoms with E-state index in [-0.39, 0.29) is 5.60 Å². The van der Waals surface area contributed by atoms with Crippen molar-refractivity contribution < 1.29 is 9.63 Å². The minimum absolute atomic E-state index is 0.269. The molecule has 0 spiro atoms. The van der Waals surface area contributed by atoms with E-state index >= 15 is 0 Å². The molecule has 1 atom stereocenters. The van der Waals surface area contributed by atoms with Gasteiger partial charge in [0.05, 0.1) is 5.60 Å². The van der Waals surface area contributed by atoms with Crippen molar-refractivity contribution in [3.05, 3.63) is 5.70 Å². The molecule has 1 saturated heterocycles. The summed E-state index contributed by atoms with van der Waals surface area (Å²) in [5.74, 6) is 1.97. The standard InChI is InChI=1S/C11H20N2O2/c1-11(2,3)15-13-6-5-9(12-4)7-10(13)8-14/h9,12H,5-7H2,1-4H3. The fourth-order valence-corrected chi connectivity index (χ4v) is 1.62. The van der Waals surface area contributed by atoms with Crippen LogP contribution in [0.5, 0.6) is 0 Å². The van der Waals surface area contributed by atoms with Gasteiger partial charge in [0.2, 0.25) is 0 Å². The Morgan fingerprint density at radius 1 is 1.53 bits per heavy atom. The Labute approximate surface area is 91.2 Å². The van der Waals surface area contributed by atoms with Crippen molar-refractivity contribution in [1.29, 1.82) is 0 Å². The molecule has 0 aliphatic carbocycles. The summed E-state index contributed by atoms with van der Waals surface area (Å²) in [6, 6.07) is 0.362. The third-order valence-electron chi connectivity index (χ3n) is 2.33. The highest BCUT2D eigenvalue weighted by Crippen LogP contribution is 2.22. The summed E-state index contributed by atoms with van der Waals surface area (Å²) < 4.78 is 0. The lowest BCUT2D eigenvalue weighted by molar-refractivity contribution is -0.213. The molecule has 0 radical (unpaired) electrons. The zero-order chi connectivity index (χ0) is 11.5. The van der Waals surface area contributed by atoms with Crippen molar-refractivity contribution in [2.45, 2.75) is 45.3 Å². The molecule has 1 rings (SSSR count). The Morgan fingerprint density at radius 3 is 2.67 bits per heavy atom. The van der Waals surface area contributed by atoms with Crippen LogP contribution in [0.25, 0.3) is 0 Å². The zero-order valence-electron chi connectivity index (χ0n) is 9.96. The average Bonchev–Trinajstić information content (AvgIpc) is 2.16. The number of hydrogen-bond donors (Lipinski definition) is 1. The molecule has 0 amide bonds. The fraction of sp³-hybridized carbons (Fsp3) is 0.818. The molecule has 86 valence electrons. The first-order valence-corrected chi connectivity index (χ1v) is 5.34. The van der Waals surface area contributed by atoms with E-state index in [4.69, 9.17) is 4.84 Å². The topological polar surface area (TPSA) is 41.6 Å². The van der Waals surface area contributed by atoms with Gasteiger partial charge in [0.1, 0.15) is 11.6 Å². The van der Waals surface area contributed by atoms with Gasteiger partial charge in [-0.3, -0.25) is 4.84 Å². The van der Waals surface area contributed by atoms with Gasteiger partial charge in [-0.05, 0) is 34.2 Å². The van der Waals surface area contributed by atoms with Crippen LogP contribution in [0, 0.1) is 0 Å². The molecule has 15 heavy (non-hydrogen) atoms. The molecule has 1 N–H and O–H groups in total. The Kier molecular flexibility index (Phi) is 3.91. The smallest absolute Gasteiger partial charge is 0.148 e. The monoisotopic (exact) mass is 212 g/mol. The number of carbonyl (C=O) groups excluding carboxylic acids is 1. The van der Waals surface area contributed by atoms with Crippen molar-refractivity contribution >= 4 is 5.94 Å². The van der Waals surface area contributed by atoms with Crippen molar-refractivity contribution in [2.75, 3.05) is 13.6 Å². The van der Waals surface area contributed by atoms with Gasteiger partial charge in [0.25, 0.3) is 0 Å². The van der Waals surface area contributed by atoms with Crippen LogP contribution < -0.4 is 5.32 Å². The number of nitrogens with zero attached hydrogens (tertiary/aromatic N) is 1. The fourth-order valence-electron chi connectivity index (χ4n) is 1.62. The lowest BCUT2D eigenvalue weighted by Crippen LogP contribution is -2.43. The van der Waals surface area contributed by atoms with Crippen LogP contribution in [0.1, 0.15) is 33.6 Å². The summed E-state index contributed by atoms with van der Waals surface area (Å²) in [4.78, 5) is 16.5. The molecule has 0 aromatic carbocycles. The van der Waals surface area contributed by atoms with E-state index in [2.05, 4.69) is 5.32 Å². The van der Waals surface area contributed by atoms with E-state index < -0.39 is 0 Å². The largest absolute Gasteiger partial charge is 0.317 e. The van der Waals surface area contributed by atoms with Crippen LogP contribution in [0.15, 0.2) is 5.70 Å². The first-order chi connectivity index (χ1) is 6.96. The first-order valence-electron chi connectivity index (χ1n) is 5.34. The SMILES string of the molecule is CNC1CCN(OC(C)(C)C)C(=C=O)C1. The van der Waals surface area contributed by atoms with Gasteiger partial charge in [-0.25, -0.2) is 9.86 Å². The Balaban J connectivity index is 2.64. The highest BCUT2D eigenvalue weighted by Gasteiger charge is 2.26. The van der Waals surface area contributed by atoms with Gasteiger partial charge in [-0.2, -0.15) is 0 Å². The average molecular weight is 212 g/mol. The minimum Gasteiger partial charge on any atom is -0.317 e. The van der Waals surface area contributed by atoms with Gasteiger partial charge in [0.15, 0.2) is 0 Å². The summed E-state index contributed by atoms with van der Waals surface area (Å²) >= 11 is 0. The number of nitrogens with one attached hydrogen (secondary N) is 1. The predicted octanol–water partition coefficient (Wildman–Crippen LogP) is 1.12. The summed E-state index contributed by atoms with van der Waals surface area (Å²) in [6.07, 6.45) is 1.67. The highest BCUT2D eigenvalue weighted by molar-refractivity contribution is 5.51. The maximum Gasteiger partial charge on any atom is 0.148 e. The third-order valence-corrected chi connectivity index (χ3v) is 2.33. The molecule has 0 aromatic rings. The van der Waals surface area contributed by atoms with Gasteiger partial charge in [-0.15, -0.1) is 0 Å². The molecule has 0 aromatic heterocycles. The lowest BCUT2D eigenvalue weighted by atomic mass is 10.0. The molecule has 1 aliphatic rings. The van der Waals surface area contributed by atoms with Crippen LogP contribution in [-0.2, 0) is 9.63 Å².